The van der Waals surface area contributed by atoms with Crippen LogP contribution in [0.2, 0.25) is 0 Å². The molecule has 1 unspecified atom stereocenters. The van der Waals surface area contributed by atoms with E-state index in [2.05, 4.69) is 25.7 Å². The second-order valence-electron chi connectivity index (χ2n) is 6.42. The lowest BCUT2D eigenvalue weighted by Gasteiger charge is -2.25. The molecule has 2 aromatic rings. The van der Waals surface area contributed by atoms with E-state index in [0.29, 0.717) is 18.8 Å². The average Bonchev–Trinajstić information content (AvgIpc) is 3.06. The van der Waals surface area contributed by atoms with Crippen molar-refractivity contribution in [3.8, 4) is 5.75 Å². The van der Waals surface area contributed by atoms with Gasteiger partial charge in [0.25, 0.3) is 5.91 Å². The lowest BCUT2D eigenvalue weighted by Crippen LogP contribution is -2.35. The fourth-order valence-electron chi connectivity index (χ4n) is 3.13. The molecule has 0 saturated heterocycles. The molecule has 0 fully saturated rings. The summed E-state index contributed by atoms with van der Waals surface area (Å²) in [5.41, 5.74) is 3.62. The van der Waals surface area contributed by atoms with Crippen molar-refractivity contribution in [2.24, 2.45) is 0 Å². The Kier molecular flexibility index (Phi) is 7.02. The van der Waals surface area contributed by atoms with Crippen LogP contribution in [0.25, 0.3) is 0 Å². The van der Waals surface area contributed by atoms with E-state index in [-0.39, 0.29) is 24.4 Å². The third kappa shape index (κ3) is 4.35. The van der Waals surface area contributed by atoms with E-state index in [0.717, 1.165) is 35.5 Å². The van der Waals surface area contributed by atoms with Crippen molar-refractivity contribution in [1.82, 2.24) is 25.7 Å². The highest BCUT2D eigenvalue weighted by molar-refractivity contribution is 5.94. The van der Waals surface area contributed by atoms with Crippen LogP contribution in [0.15, 0.2) is 24.3 Å². The molecule has 0 spiro atoms. The Balaban J connectivity index is 0.00000243. The standard InChI is InChI=1S/C18H25N5O2.ClH/c1-23(2)16(12-5-4-6-13(9-12)25-3)11-20-18(24)17-14-10-19-8-7-15(14)21-22-17;/h4-6,9,16,19H,7-8,10-11H2,1-3H3,(H,20,24)(H,21,22);1H. The molecule has 26 heavy (non-hydrogen) atoms. The van der Waals surface area contributed by atoms with Crippen molar-refractivity contribution in [3.63, 3.8) is 0 Å². The number of rotatable bonds is 6. The number of fused-ring (bicyclic) bond motifs is 1. The van der Waals surface area contributed by atoms with Crippen LogP contribution >= 0.6 is 12.4 Å². The first kappa shape index (κ1) is 20.2. The van der Waals surface area contributed by atoms with Crippen molar-refractivity contribution in [2.75, 3.05) is 34.3 Å². The van der Waals surface area contributed by atoms with Gasteiger partial charge in [-0.3, -0.25) is 9.89 Å². The minimum Gasteiger partial charge on any atom is -0.497 e. The van der Waals surface area contributed by atoms with E-state index >= 15 is 0 Å². The molecular weight excluding hydrogens is 354 g/mol. The summed E-state index contributed by atoms with van der Waals surface area (Å²) in [4.78, 5) is 14.7. The van der Waals surface area contributed by atoms with Crippen LogP contribution in [0, 0.1) is 0 Å². The Bertz CT molecular complexity index is 747. The number of benzene rings is 1. The number of carbonyl (C=O) groups is 1. The summed E-state index contributed by atoms with van der Waals surface area (Å²) in [7, 11) is 5.65. The maximum atomic E-state index is 12.6. The Labute approximate surface area is 159 Å². The number of carbonyl (C=O) groups excluding carboxylic acids is 1. The highest BCUT2D eigenvalue weighted by atomic mass is 35.5. The second-order valence-corrected chi connectivity index (χ2v) is 6.42. The summed E-state index contributed by atoms with van der Waals surface area (Å²) >= 11 is 0. The molecule has 1 aliphatic rings. The molecule has 1 aliphatic heterocycles. The molecule has 0 aliphatic carbocycles. The molecule has 3 rings (SSSR count). The fourth-order valence-corrected chi connectivity index (χ4v) is 3.13. The van der Waals surface area contributed by atoms with E-state index in [1.807, 2.05) is 38.4 Å². The van der Waals surface area contributed by atoms with Gasteiger partial charge in [0.05, 0.1) is 13.2 Å². The van der Waals surface area contributed by atoms with Crippen molar-refractivity contribution < 1.29 is 9.53 Å². The molecule has 142 valence electrons. The number of nitrogens with one attached hydrogen (secondary N) is 3. The second kappa shape index (κ2) is 9.02. The van der Waals surface area contributed by atoms with Crippen molar-refractivity contribution >= 4 is 18.3 Å². The van der Waals surface area contributed by atoms with Crippen molar-refractivity contribution in [1.29, 1.82) is 0 Å². The number of nitrogens with zero attached hydrogens (tertiary/aromatic N) is 2. The predicted molar refractivity (Wildman–Crippen MR) is 103 cm³/mol. The Morgan fingerprint density at radius 1 is 1.42 bits per heavy atom. The molecule has 8 heteroatoms. The zero-order valence-electron chi connectivity index (χ0n) is 15.3. The number of ether oxygens (including phenoxy) is 1. The summed E-state index contributed by atoms with van der Waals surface area (Å²) in [6.07, 6.45) is 0.875. The van der Waals surface area contributed by atoms with E-state index in [9.17, 15) is 4.79 Å². The summed E-state index contributed by atoms with van der Waals surface area (Å²) < 4.78 is 5.30. The highest BCUT2D eigenvalue weighted by Crippen LogP contribution is 2.22. The third-order valence-corrected chi connectivity index (χ3v) is 4.58. The molecule has 7 nitrogen and oxygen atoms in total. The van der Waals surface area contributed by atoms with Crippen LogP contribution in [0.1, 0.15) is 33.4 Å². The van der Waals surface area contributed by atoms with Crippen LogP contribution in [-0.4, -0.2) is 55.3 Å². The highest BCUT2D eigenvalue weighted by Gasteiger charge is 2.23. The van der Waals surface area contributed by atoms with E-state index in [4.69, 9.17) is 4.74 Å². The molecule has 1 amide bonds. The lowest BCUT2D eigenvalue weighted by atomic mass is 10.0. The summed E-state index contributed by atoms with van der Waals surface area (Å²) in [6, 6.07) is 7.96. The number of aromatic amines is 1. The van der Waals surface area contributed by atoms with Gasteiger partial charge in [0, 0.05) is 37.3 Å². The zero-order valence-corrected chi connectivity index (χ0v) is 16.2. The smallest absolute Gasteiger partial charge is 0.272 e. The first-order valence-electron chi connectivity index (χ1n) is 8.45. The molecule has 1 aromatic heterocycles. The number of H-pyrrole nitrogens is 1. The van der Waals surface area contributed by atoms with Gasteiger partial charge in [-0.05, 0) is 31.8 Å². The Morgan fingerprint density at radius 3 is 2.96 bits per heavy atom. The van der Waals surface area contributed by atoms with Crippen LogP contribution in [0.4, 0.5) is 0 Å². The normalized spacial score (nSPS) is 14.3. The number of aromatic nitrogens is 2. The van der Waals surface area contributed by atoms with Gasteiger partial charge in [0.1, 0.15) is 5.75 Å². The minimum atomic E-state index is -0.143. The molecule has 2 heterocycles. The predicted octanol–water partition coefficient (Wildman–Crippen LogP) is 1.52. The van der Waals surface area contributed by atoms with Gasteiger partial charge in [-0.25, -0.2) is 0 Å². The quantitative estimate of drug-likeness (QED) is 0.709. The number of hydrogen-bond donors (Lipinski definition) is 3. The molecule has 3 N–H and O–H groups in total. The Morgan fingerprint density at radius 2 is 2.23 bits per heavy atom. The van der Waals surface area contributed by atoms with E-state index in [1.165, 1.54) is 0 Å². The van der Waals surface area contributed by atoms with Gasteiger partial charge in [-0.15, -0.1) is 12.4 Å². The van der Waals surface area contributed by atoms with Gasteiger partial charge in [0.15, 0.2) is 5.69 Å². The van der Waals surface area contributed by atoms with Gasteiger partial charge in [0.2, 0.25) is 0 Å². The van der Waals surface area contributed by atoms with Gasteiger partial charge >= 0.3 is 0 Å². The van der Waals surface area contributed by atoms with Crippen LogP contribution in [-0.2, 0) is 13.0 Å². The van der Waals surface area contributed by atoms with Crippen LogP contribution < -0.4 is 15.4 Å². The maximum Gasteiger partial charge on any atom is 0.272 e. The SMILES string of the molecule is COc1cccc(C(CNC(=O)c2n[nH]c3c2CNCC3)N(C)C)c1.Cl. The van der Waals surface area contributed by atoms with Gasteiger partial charge in [-0.2, -0.15) is 5.10 Å². The van der Waals surface area contributed by atoms with E-state index in [1.54, 1.807) is 7.11 Å². The Hall–Kier alpha value is -2.09. The molecule has 0 radical (unpaired) electrons. The van der Waals surface area contributed by atoms with Crippen molar-refractivity contribution in [3.05, 3.63) is 46.8 Å². The summed E-state index contributed by atoms with van der Waals surface area (Å²) in [5, 5.41) is 13.5. The van der Waals surface area contributed by atoms with Gasteiger partial charge < -0.3 is 20.3 Å². The molecule has 1 aromatic carbocycles. The van der Waals surface area contributed by atoms with Gasteiger partial charge in [-0.1, -0.05) is 12.1 Å². The van der Waals surface area contributed by atoms with Crippen LogP contribution in [0.5, 0.6) is 5.75 Å². The largest absolute Gasteiger partial charge is 0.497 e. The topological polar surface area (TPSA) is 82.3 Å². The summed E-state index contributed by atoms with van der Waals surface area (Å²) in [5.74, 6) is 0.666. The van der Waals surface area contributed by atoms with E-state index < -0.39 is 0 Å². The minimum absolute atomic E-state index is 0. The first-order valence-corrected chi connectivity index (χ1v) is 8.45. The molecule has 0 saturated carbocycles. The number of halogens is 1. The average molecular weight is 380 g/mol. The molecule has 1 atom stereocenters. The third-order valence-electron chi connectivity index (χ3n) is 4.58. The van der Waals surface area contributed by atoms with Crippen molar-refractivity contribution in [2.45, 2.75) is 19.0 Å². The number of amides is 1. The molecule has 0 bridgehead atoms. The summed E-state index contributed by atoms with van der Waals surface area (Å²) in [6.45, 7) is 2.09. The maximum absolute atomic E-state index is 12.6. The zero-order chi connectivity index (χ0) is 17.8. The lowest BCUT2D eigenvalue weighted by molar-refractivity contribution is 0.0935. The number of likely N-dealkylation sites (N-methyl/N-ethyl adjacent to an activating group) is 1. The van der Waals surface area contributed by atoms with Crippen LogP contribution in [0.3, 0.4) is 0 Å². The molecular formula is C18H26ClN5O2. The number of hydrogen-bond acceptors (Lipinski definition) is 5. The number of methoxy groups -OCH3 is 1. The first-order chi connectivity index (χ1) is 12.1. The monoisotopic (exact) mass is 379 g/mol. The fraction of sp³-hybridized carbons (Fsp3) is 0.444.